The summed E-state index contributed by atoms with van der Waals surface area (Å²) in [4.78, 5) is 54.8. The number of aromatic hydroxyl groups is 1. The number of para-hydroxylation sites is 1. The Morgan fingerprint density at radius 3 is 2.46 bits per heavy atom. The van der Waals surface area contributed by atoms with Crippen LogP contribution in [0.15, 0.2) is 51.6 Å². The third-order valence-corrected chi connectivity index (χ3v) is 8.15. The molecule has 0 spiro atoms. The van der Waals surface area contributed by atoms with E-state index in [2.05, 4.69) is 15.9 Å². The lowest BCUT2D eigenvalue weighted by Crippen LogP contribution is -2.46. The molecule has 1 N–H and O–H groups in total. The van der Waals surface area contributed by atoms with Crippen LogP contribution in [0.25, 0.3) is 0 Å². The predicted octanol–water partition coefficient (Wildman–Crippen LogP) is 3.96. The minimum Gasteiger partial charge on any atom is -0.504 e. The second kappa shape index (κ2) is 8.01. The molecule has 4 atom stereocenters. The summed E-state index contributed by atoms with van der Waals surface area (Å²) in [7, 11) is 1.44. The van der Waals surface area contributed by atoms with Crippen LogP contribution in [-0.2, 0) is 19.2 Å². The molecule has 1 heterocycles. The zero-order valence-electron chi connectivity index (χ0n) is 19.9. The van der Waals surface area contributed by atoms with Crippen LogP contribution in [0.4, 0.5) is 0 Å². The molecule has 182 valence electrons. The van der Waals surface area contributed by atoms with Gasteiger partial charge in [-0.05, 0) is 61.5 Å². The van der Waals surface area contributed by atoms with E-state index < -0.39 is 29.2 Å². The van der Waals surface area contributed by atoms with Gasteiger partial charge in [-0.3, -0.25) is 24.1 Å². The molecule has 0 aromatic heterocycles. The number of likely N-dealkylation sites (tertiary alicyclic amines) is 1. The molecular formula is C27H26BrNO6. The number of rotatable bonds is 2. The number of phenolic OH excluding ortho intramolecular Hbond substituents is 1. The number of imide groups is 1. The lowest BCUT2D eigenvalue weighted by molar-refractivity contribution is -0.145. The third kappa shape index (κ3) is 3.37. The summed E-state index contributed by atoms with van der Waals surface area (Å²) in [6, 6.07) is 5.04. The highest BCUT2D eigenvalue weighted by molar-refractivity contribution is 9.12. The number of carbonyl (C=O) groups excluding carboxylic acids is 4. The number of hydrogen-bond acceptors (Lipinski definition) is 6. The first kappa shape index (κ1) is 23.7. The number of methoxy groups -OCH3 is 1. The summed E-state index contributed by atoms with van der Waals surface area (Å²) < 4.78 is 5.47. The third-order valence-electron chi connectivity index (χ3n) is 7.56. The number of fused-ring (bicyclic) bond motifs is 3. The van der Waals surface area contributed by atoms with Crippen LogP contribution in [0.2, 0.25) is 0 Å². The summed E-state index contributed by atoms with van der Waals surface area (Å²) in [5.41, 5.74) is 1.19. The van der Waals surface area contributed by atoms with Gasteiger partial charge >= 0.3 is 0 Å². The van der Waals surface area contributed by atoms with Crippen LogP contribution in [0.1, 0.15) is 45.1 Å². The number of ketones is 2. The number of carbonyl (C=O) groups is 4. The quantitative estimate of drug-likeness (QED) is 0.346. The zero-order valence-corrected chi connectivity index (χ0v) is 21.5. The molecule has 4 aliphatic rings. The molecule has 0 saturated carbocycles. The number of halogens is 1. The average Bonchev–Trinajstić information content (AvgIpc) is 3.06. The van der Waals surface area contributed by atoms with E-state index in [1.54, 1.807) is 18.2 Å². The van der Waals surface area contributed by atoms with E-state index in [1.165, 1.54) is 18.1 Å². The van der Waals surface area contributed by atoms with Crippen LogP contribution in [0.5, 0.6) is 11.5 Å². The van der Waals surface area contributed by atoms with E-state index in [-0.39, 0.29) is 45.8 Å². The van der Waals surface area contributed by atoms with Gasteiger partial charge in [-0.15, -0.1) is 0 Å². The Hall–Kier alpha value is -3.00. The van der Waals surface area contributed by atoms with Crippen LogP contribution < -0.4 is 4.74 Å². The minimum atomic E-state index is -0.723. The van der Waals surface area contributed by atoms with Gasteiger partial charge in [0.15, 0.2) is 23.1 Å². The van der Waals surface area contributed by atoms with Crippen molar-refractivity contribution in [3.63, 3.8) is 0 Å². The first-order chi connectivity index (χ1) is 16.5. The molecule has 0 unspecified atom stereocenters. The topological polar surface area (TPSA) is 101 Å². The van der Waals surface area contributed by atoms with E-state index in [9.17, 15) is 24.3 Å². The van der Waals surface area contributed by atoms with Gasteiger partial charge in [-0.25, -0.2) is 0 Å². The highest BCUT2D eigenvalue weighted by Crippen LogP contribution is 2.57. The molecule has 1 aliphatic heterocycles. The maximum atomic E-state index is 13.7. The monoisotopic (exact) mass is 539 g/mol. The molecule has 7 nitrogen and oxygen atoms in total. The average molecular weight is 540 g/mol. The molecule has 35 heavy (non-hydrogen) atoms. The Labute approximate surface area is 211 Å². The van der Waals surface area contributed by atoms with Gasteiger partial charge < -0.3 is 9.84 Å². The van der Waals surface area contributed by atoms with Crippen molar-refractivity contribution in [1.82, 2.24) is 4.90 Å². The number of nitrogens with zero attached hydrogens (tertiary/aromatic N) is 1. The molecular weight excluding hydrogens is 514 g/mol. The molecule has 1 fully saturated rings. The zero-order chi connectivity index (χ0) is 25.4. The standard InChI is InChI=1S/C27H26BrNO6/c1-27(2,3)29-25(33)14-9-8-12-15(21(14)26(29)34)10-16-22(18(30)11-17(28)23(16)31)20(12)13-6-5-7-19(35-4)24(13)32/h5-8,11,14-15,20-21,32H,9-10H2,1-4H3/t14-,15+,20+,21-/m0/s1. The number of ether oxygens (including phenoxy) is 1. The lowest BCUT2D eigenvalue weighted by Gasteiger charge is -2.42. The van der Waals surface area contributed by atoms with Crippen LogP contribution in [0, 0.1) is 17.8 Å². The van der Waals surface area contributed by atoms with E-state index in [4.69, 9.17) is 4.74 Å². The molecule has 1 aromatic rings. The fraction of sp³-hybridized carbons (Fsp3) is 0.407. The first-order valence-electron chi connectivity index (χ1n) is 11.6. The Kier molecular flexibility index (Phi) is 5.43. The van der Waals surface area contributed by atoms with Gasteiger partial charge in [0.1, 0.15) is 0 Å². The molecule has 1 saturated heterocycles. The summed E-state index contributed by atoms with van der Waals surface area (Å²) in [5.74, 6) is -3.23. The Morgan fingerprint density at radius 2 is 1.80 bits per heavy atom. The van der Waals surface area contributed by atoms with Gasteiger partial charge in [0, 0.05) is 34.2 Å². The second-order valence-corrected chi connectivity index (χ2v) is 11.3. The predicted molar refractivity (Wildman–Crippen MR) is 131 cm³/mol. The number of allylic oxidation sites excluding steroid dienone is 6. The van der Waals surface area contributed by atoms with Gasteiger partial charge in [-0.2, -0.15) is 0 Å². The van der Waals surface area contributed by atoms with Crippen molar-refractivity contribution in [3.8, 4) is 11.5 Å². The summed E-state index contributed by atoms with van der Waals surface area (Å²) in [5, 5.41) is 11.0. The van der Waals surface area contributed by atoms with Crippen molar-refractivity contribution in [1.29, 1.82) is 0 Å². The van der Waals surface area contributed by atoms with Crippen molar-refractivity contribution in [2.45, 2.75) is 45.1 Å². The number of hydrogen-bond donors (Lipinski definition) is 1. The van der Waals surface area contributed by atoms with E-state index >= 15 is 0 Å². The molecule has 8 heteroatoms. The number of amides is 2. The second-order valence-electron chi connectivity index (χ2n) is 10.5. The molecule has 2 amide bonds. The summed E-state index contributed by atoms with van der Waals surface area (Å²) in [6.07, 6.45) is 3.75. The lowest BCUT2D eigenvalue weighted by atomic mass is 9.59. The number of benzene rings is 1. The van der Waals surface area contributed by atoms with E-state index in [0.29, 0.717) is 23.1 Å². The van der Waals surface area contributed by atoms with Crippen molar-refractivity contribution < 1.29 is 29.0 Å². The van der Waals surface area contributed by atoms with Gasteiger partial charge in [-0.1, -0.05) is 23.8 Å². The maximum Gasteiger partial charge on any atom is 0.234 e. The maximum absolute atomic E-state index is 13.7. The van der Waals surface area contributed by atoms with Crippen molar-refractivity contribution >= 4 is 39.3 Å². The molecule has 0 bridgehead atoms. The number of phenols is 1. The number of Topliss-reactive ketones (excluding diaryl/α,β-unsaturated/α-hetero) is 1. The molecule has 1 aromatic carbocycles. The smallest absolute Gasteiger partial charge is 0.234 e. The SMILES string of the molecule is COc1cccc([C@H]2C3=CC[C@@H]4C(=O)N(C(C)(C)C)C(=O)[C@@H]4[C@@H]3CC3=C2C(=O)C=C(Br)C3=O)c1O. The molecule has 5 rings (SSSR count). The van der Waals surface area contributed by atoms with Crippen LogP contribution in [-0.4, -0.2) is 46.0 Å². The van der Waals surface area contributed by atoms with E-state index in [1.807, 2.05) is 26.8 Å². The fourth-order valence-electron chi connectivity index (χ4n) is 6.16. The molecule has 3 aliphatic carbocycles. The van der Waals surface area contributed by atoms with Crippen LogP contribution >= 0.6 is 15.9 Å². The molecule has 0 radical (unpaired) electrons. The van der Waals surface area contributed by atoms with E-state index in [0.717, 1.165) is 5.57 Å². The highest BCUT2D eigenvalue weighted by atomic mass is 79.9. The van der Waals surface area contributed by atoms with Crippen LogP contribution in [0.3, 0.4) is 0 Å². The Bertz CT molecular complexity index is 1300. The normalized spacial score (nSPS) is 28.4. The Balaban J connectivity index is 1.71. The van der Waals surface area contributed by atoms with Gasteiger partial charge in [0.2, 0.25) is 11.8 Å². The summed E-state index contributed by atoms with van der Waals surface area (Å²) in [6.45, 7) is 5.49. The summed E-state index contributed by atoms with van der Waals surface area (Å²) >= 11 is 3.21. The Morgan fingerprint density at radius 1 is 1.09 bits per heavy atom. The van der Waals surface area contributed by atoms with Crippen molar-refractivity contribution in [2.24, 2.45) is 17.8 Å². The van der Waals surface area contributed by atoms with Crippen molar-refractivity contribution in [2.75, 3.05) is 7.11 Å². The highest BCUT2D eigenvalue weighted by Gasteiger charge is 2.58. The van der Waals surface area contributed by atoms with Crippen molar-refractivity contribution in [3.05, 3.63) is 57.1 Å². The first-order valence-corrected chi connectivity index (χ1v) is 12.4. The minimum absolute atomic E-state index is 0.116. The fourth-order valence-corrected chi connectivity index (χ4v) is 6.61. The largest absolute Gasteiger partial charge is 0.504 e. The van der Waals surface area contributed by atoms with Gasteiger partial charge in [0.25, 0.3) is 0 Å². The van der Waals surface area contributed by atoms with Gasteiger partial charge in [0.05, 0.1) is 23.4 Å².